The molecule has 21 heavy (non-hydrogen) atoms. The summed E-state index contributed by atoms with van der Waals surface area (Å²) in [4.78, 5) is 26.4. The molecule has 0 unspecified atom stereocenters. The first kappa shape index (κ1) is 15.0. The molecule has 2 amide bonds. The maximum atomic E-state index is 11.8. The maximum Gasteiger partial charge on any atom is 0.355 e. The van der Waals surface area contributed by atoms with E-state index in [1.54, 1.807) is 0 Å². The summed E-state index contributed by atoms with van der Waals surface area (Å²) in [7, 11) is 0. The second-order valence-electron chi connectivity index (χ2n) is 4.62. The summed E-state index contributed by atoms with van der Waals surface area (Å²) in [6, 6.07) is 5.41. The third-order valence-electron chi connectivity index (χ3n) is 2.65. The summed E-state index contributed by atoms with van der Waals surface area (Å²) in [5.41, 5.74) is 2.84. The van der Waals surface area contributed by atoms with E-state index in [4.69, 9.17) is 5.11 Å². The summed E-state index contributed by atoms with van der Waals surface area (Å²) < 4.78 is 0. The highest BCUT2D eigenvalue weighted by atomic mass is 32.1. The zero-order chi connectivity index (χ0) is 15.4. The average Bonchev–Trinajstić information content (AvgIpc) is 2.84. The summed E-state index contributed by atoms with van der Waals surface area (Å²) in [6.45, 7) is 4.10. The van der Waals surface area contributed by atoms with Crippen LogP contribution in [0.25, 0.3) is 0 Å². The lowest BCUT2D eigenvalue weighted by Crippen LogP contribution is -2.28. The van der Waals surface area contributed by atoms with E-state index in [-0.39, 0.29) is 18.3 Å². The summed E-state index contributed by atoms with van der Waals surface area (Å²) in [5, 5.41) is 16.1. The molecule has 0 saturated carbocycles. The fraction of sp³-hybridized carbons (Fsp3) is 0.214. The van der Waals surface area contributed by atoms with Crippen LogP contribution in [0.1, 0.15) is 26.6 Å². The van der Waals surface area contributed by atoms with Crippen molar-refractivity contribution in [1.82, 2.24) is 10.3 Å². The molecule has 0 atom stereocenters. The first-order valence-corrected chi connectivity index (χ1v) is 7.13. The fourth-order valence-corrected chi connectivity index (χ4v) is 2.58. The average molecular weight is 305 g/mol. The minimum atomic E-state index is -1.07. The van der Waals surface area contributed by atoms with Crippen LogP contribution in [0.15, 0.2) is 23.6 Å². The third kappa shape index (κ3) is 4.28. The molecule has 6 nitrogen and oxygen atoms in total. The molecule has 1 heterocycles. The second kappa shape index (κ2) is 6.36. The Morgan fingerprint density at radius 2 is 1.90 bits per heavy atom. The van der Waals surface area contributed by atoms with Crippen LogP contribution in [0, 0.1) is 13.8 Å². The van der Waals surface area contributed by atoms with Gasteiger partial charge in [-0.05, 0) is 37.1 Å². The summed E-state index contributed by atoms with van der Waals surface area (Å²) in [5.74, 6) is -1.07. The van der Waals surface area contributed by atoms with Crippen molar-refractivity contribution in [3.05, 3.63) is 45.4 Å². The zero-order valence-corrected chi connectivity index (χ0v) is 12.5. The number of anilines is 1. The highest BCUT2D eigenvalue weighted by molar-refractivity contribution is 7.09. The number of nitrogens with zero attached hydrogens (tertiary/aromatic N) is 1. The van der Waals surface area contributed by atoms with Crippen LogP contribution in [-0.2, 0) is 6.54 Å². The fourth-order valence-electron chi connectivity index (χ4n) is 1.87. The van der Waals surface area contributed by atoms with Gasteiger partial charge in [0.1, 0.15) is 5.01 Å². The number of hydrogen-bond acceptors (Lipinski definition) is 4. The Morgan fingerprint density at radius 3 is 2.48 bits per heavy atom. The number of rotatable bonds is 4. The Hall–Kier alpha value is -2.41. The Bertz CT molecular complexity index is 662. The van der Waals surface area contributed by atoms with Crippen LogP contribution in [-0.4, -0.2) is 22.1 Å². The van der Waals surface area contributed by atoms with Crippen LogP contribution in [0.2, 0.25) is 0 Å². The van der Waals surface area contributed by atoms with E-state index < -0.39 is 5.97 Å². The molecule has 3 N–H and O–H groups in total. The van der Waals surface area contributed by atoms with Gasteiger partial charge in [0.25, 0.3) is 0 Å². The number of aryl methyl sites for hydroxylation is 2. The highest BCUT2D eigenvalue weighted by Gasteiger charge is 2.09. The number of aromatic nitrogens is 1. The molecule has 0 aliphatic rings. The van der Waals surface area contributed by atoms with Crippen LogP contribution in [0.3, 0.4) is 0 Å². The molecule has 0 bridgehead atoms. The molecule has 0 fully saturated rings. The normalized spacial score (nSPS) is 10.2. The van der Waals surface area contributed by atoms with Crippen LogP contribution in [0.4, 0.5) is 10.5 Å². The number of carbonyl (C=O) groups excluding carboxylic acids is 1. The number of carboxylic acids is 1. The number of amides is 2. The predicted molar refractivity (Wildman–Crippen MR) is 80.8 cm³/mol. The Balaban J connectivity index is 1.90. The third-order valence-corrected chi connectivity index (χ3v) is 3.50. The lowest BCUT2D eigenvalue weighted by atomic mass is 10.1. The largest absolute Gasteiger partial charge is 0.476 e. The maximum absolute atomic E-state index is 11.8. The van der Waals surface area contributed by atoms with Gasteiger partial charge in [-0.25, -0.2) is 14.6 Å². The van der Waals surface area contributed by atoms with Crippen molar-refractivity contribution in [2.75, 3.05) is 5.32 Å². The van der Waals surface area contributed by atoms with Crippen molar-refractivity contribution < 1.29 is 14.7 Å². The molecular weight excluding hydrogens is 290 g/mol. The Labute approximate surface area is 125 Å². The minimum Gasteiger partial charge on any atom is -0.476 e. The molecule has 0 aliphatic carbocycles. The van der Waals surface area contributed by atoms with Gasteiger partial charge in [-0.2, -0.15) is 0 Å². The highest BCUT2D eigenvalue weighted by Crippen LogP contribution is 2.14. The van der Waals surface area contributed by atoms with E-state index in [2.05, 4.69) is 15.6 Å². The Kier molecular flexibility index (Phi) is 4.54. The number of benzene rings is 1. The SMILES string of the molecule is Cc1cc(C)cc(NC(=O)NCc2nc(C(=O)O)cs2)c1. The summed E-state index contributed by atoms with van der Waals surface area (Å²) >= 11 is 1.20. The van der Waals surface area contributed by atoms with E-state index in [0.717, 1.165) is 16.8 Å². The topological polar surface area (TPSA) is 91.3 Å². The molecule has 1 aromatic carbocycles. The lowest BCUT2D eigenvalue weighted by molar-refractivity contribution is 0.0691. The van der Waals surface area contributed by atoms with E-state index in [9.17, 15) is 9.59 Å². The molecule has 0 spiro atoms. The lowest BCUT2D eigenvalue weighted by Gasteiger charge is -2.08. The summed E-state index contributed by atoms with van der Waals surface area (Å²) in [6.07, 6.45) is 0. The van der Waals surface area contributed by atoms with E-state index in [0.29, 0.717) is 5.01 Å². The zero-order valence-electron chi connectivity index (χ0n) is 11.6. The van der Waals surface area contributed by atoms with Gasteiger partial charge in [-0.1, -0.05) is 6.07 Å². The smallest absolute Gasteiger partial charge is 0.355 e. The number of carbonyl (C=O) groups is 2. The number of nitrogens with one attached hydrogen (secondary N) is 2. The van der Waals surface area contributed by atoms with Crippen LogP contribution >= 0.6 is 11.3 Å². The quantitative estimate of drug-likeness (QED) is 0.810. The molecule has 2 rings (SSSR count). The van der Waals surface area contributed by atoms with Crippen molar-refractivity contribution in [3.63, 3.8) is 0 Å². The van der Waals surface area contributed by atoms with Crippen LogP contribution < -0.4 is 10.6 Å². The molecular formula is C14H15N3O3S. The number of urea groups is 1. The first-order valence-electron chi connectivity index (χ1n) is 6.25. The molecule has 1 aromatic heterocycles. The minimum absolute atomic E-state index is 0.00785. The van der Waals surface area contributed by atoms with E-state index in [1.807, 2.05) is 32.0 Å². The van der Waals surface area contributed by atoms with Crippen molar-refractivity contribution >= 4 is 29.0 Å². The number of thiazole rings is 1. The van der Waals surface area contributed by atoms with Crippen molar-refractivity contribution in [3.8, 4) is 0 Å². The monoisotopic (exact) mass is 305 g/mol. The van der Waals surface area contributed by atoms with Gasteiger partial charge in [-0.3, -0.25) is 0 Å². The number of aromatic carboxylic acids is 1. The number of carboxylic acid groups (broad SMARTS) is 1. The van der Waals surface area contributed by atoms with Gasteiger partial charge in [0, 0.05) is 11.1 Å². The van der Waals surface area contributed by atoms with E-state index in [1.165, 1.54) is 16.7 Å². The van der Waals surface area contributed by atoms with Crippen molar-refractivity contribution in [1.29, 1.82) is 0 Å². The van der Waals surface area contributed by atoms with Gasteiger partial charge in [-0.15, -0.1) is 11.3 Å². The molecule has 110 valence electrons. The van der Waals surface area contributed by atoms with Gasteiger partial charge >= 0.3 is 12.0 Å². The second-order valence-corrected chi connectivity index (χ2v) is 5.56. The molecule has 0 aliphatic heterocycles. The van der Waals surface area contributed by atoms with Crippen molar-refractivity contribution in [2.45, 2.75) is 20.4 Å². The van der Waals surface area contributed by atoms with Gasteiger partial charge in [0.2, 0.25) is 0 Å². The van der Waals surface area contributed by atoms with Gasteiger partial charge in [0.15, 0.2) is 5.69 Å². The molecule has 2 aromatic rings. The number of hydrogen-bond donors (Lipinski definition) is 3. The molecule has 0 saturated heterocycles. The van der Waals surface area contributed by atoms with Crippen LogP contribution in [0.5, 0.6) is 0 Å². The standard InChI is InChI=1S/C14H15N3O3S/c1-8-3-9(2)5-10(4-8)16-14(20)15-6-12-17-11(7-21-12)13(18)19/h3-5,7H,6H2,1-2H3,(H,18,19)(H2,15,16,20). The Morgan fingerprint density at radius 1 is 1.24 bits per heavy atom. The van der Waals surface area contributed by atoms with E-state index >= 15 is 0 Å². The molecule has 7 heteroatoms. The first-order chi connectivity index (χ1) is 9.94. The van der Waals surface area contributed by atoms with Gasteiger partial charge in [0.05, 0.1) is 6.54 Å². The predicted octanol–water partition coefficient (Wildman–Crippen LogP) is 2.78. The van der Waals surface area contributed by atoms with Crippen molar-refractivity contribution in [2.24, 2.45) is 0 Å². The molecule has 0 radical (unpaired) electrons. The van der Waals surface area contributed by atoms with Gasteiger partial charge < -0.3 is 15.7 Å².